The highest BCUT2D eigenvalue weighted by Gasteiger charge is 2.33. The van der Waals surface area contributed by atoms with Gasteiger partial charge in [0.2, 0.25) is 0 Å². The molecule has 2 rings (SSSR count). The van der Waals surface area contributed by atoms with E-state index in [0.717, 1.165) is 12.1 Å². The summed E-state index contributed by atoms with van der Waals surface area (Å²) in [7, 11) is 0. The topological polar surface area (TPSA) is 35.2 Å². The molecule has 0 spiro atoms. The van der Waals surface area contributed by atoms with Crippen LogP contribution in [0.4, 0.5) is 23.2 Å². The maximum atomic E-state index is 13.3. The van der Waals surface area contributed by atoms with Crippen LogP contribution in [0.25, 0.3) is 0 Å². The number of anilines is 1. The maximum Gasteiger partial charge on any atom is 0.416 e. The van der Waals surface area contributed by atoms with Crippen molar-refractivity contribution in [3.63, 3.8) is 0 Å². The van der Waals surface area contributed by atoms with Crippen LogP contribution in [0.5, 0.6) is 5.75 Å². The SMILES string of the molecule is Nc1ccc(COc2ccc(Br)c(F)c2)c(C(F)(F)F)c1. The predicted molar refractivity (Wildman–Crippen MR) is 74.3 cm³/mol. The van der Waals surface area contributed by atoms with Gasteiger partial charge in [0.1, 0.15) is 18.2 Å². The second-order valence-corrected chi connectivity index (χ2v) is 5.13. The summed E-state index contributed by atoms with van der Waals surface area (Å²) in [5.41, 5.74) is 4.46. The Balaban J connectivity index is 2.22. The zero-order valence-electron chi connectivity index (χ0n) is 10.5. The van der Waals surface area contributed by atoms with Gasteiger partial charge >= 0.3 is 6.18 Å². The van der Waals surface area contributed by atoms with Crippen LogP contribution >= 0.6 is 15.9 Å². The molecule has 0 unspecified atom stereocenters. The van der Waals surface area contributed by atoms with E-state index in [1.54, 1.807) is 0 Å². The number of halogens is 5. The van der Waals surface area contributed by atoms with Crippen LogP contribution in [0.3, 0.4) is 0 Å². The zero-order chi connectivity index (χ0) is 15.6. The minimum absolute atomic E-state index is 0.0146. The first-order chi connectivity index (χ1) is 9.77. The lowest BCUT2D eigenvalue weighted by molar-refractivity contribution is -0.138. The Hall–Kier alpha value is -1.76. The third-order valence-corrected chi connectivity index (χ3v) is 3.37. The molecule has 112 valence electrons. The third-order valence-electron chi connectivity index (χ3n) is 2.72. The van der Waals surface area contributed by atoms with E-state index in [-0.39, 0.29) is 28.1 Å². The molecule has 0 fully saturated rings. The lowest BCUT2D eigenvalue weighted by Gasteiger charge is -2.14. The smallest absolute Gasteiger partial charge is 0.416 e. The van der Waals surface area contributed by atoms with Gasteiger partial charge in [0.25, 0.3) is 0 Å². The molecule has 0 heterocycles. The Morgan fingerprint density at radius 2 is 1.81 bits per heavy atom. The first kappa shape index (κ1) is 15.6. The molecule has 0 saturated heterocycles. The molecular weight excluding hydrogens is 354 g/mol. The average molecular weight is 364 g/mol. The molecule has 0 aliphatic carbocycles. The predicted octanol–water partition coefficient (Wildman–Crippen LogP) is 4.77. The summed E-state index contributed by atoms with van der Waals surface area (Å²) in [6, 6.07) is 7.41. The van der Waals surface area contributed by atoms with Crippen LogP contribution in [0.2, 0.25) is 0 Å². The first-order valence-corrected chi connectivity index (χ1v) is 6.60. The second kappa shape index (κ2) is 5.93. The minimum Gasteiger partial charge on any atom is -0.489 e. The van der Waals surface area contributed by atoms with E-state index < -0.39 is 17.6 Å². The fraction of sp³-hybridized carbons (Fsp3) is 0.143. The van der Waals surface area contributed by atoms with E-state index in [1.807, 2.05) is 0 Å². The molecule has 21 heavy (non-hydrogen) atoms. The normalized spacial score (nSPS) is 11.5. The molecule has 7 heteroatoms. The molecule has 0 radical (unpaired) electrons. The van der Waals surface area contributed by atoms with Crippen LogP contribution in [0.15, 0.2) is 40.9 Å². The largest absolute Gasteiger partial charge is 0.489 e. The summed E-state index contributed by atoms with van der Waals surface area (Å²) in [4.78, 5) is 0. The van der Waals surface area contributed by atoms with E-state index in [4.69, 9.17) is 10.5 Å². The number of rotatable bonds is 3. The Labute approximate surface area is 126 Å². The highest BCUT2D eigenvalue weighted by atomic mass is 79.9. The number of benzene rings is 2. The van der Waals surface area contributed by atoms with Crippen molar-refractivity contribution in [2.75, 3.05) is 5.73 Å². The molecule has 2 aromatic rings. The zero-order valence-corrected chi connectivity index (χ0v) is 12.1. The molecule has 0 saturated carbocycles. The van der Waals surface area contributed by atoms with Crippen molar-refractivity contribution in [3.8, 4) is 5.75 Å². The van der Waals surface area contributed by atoms with Gasteiger partial charge in [-0.2, -0.15) is 13.2 Å². The highest BCUT2D eigenvalue weighted by molar-refractivity contribution is 9.10. The molecule has 0 atom stereocenters. The van der Waals surface area contributed by atoms with Crippen molar-refractivity contribution in [1.29, 1.82) is 0 Å². The number of hydrogen-bond acceptors (Lipinski definition) is 2. The van der Waals surface area contributed by atoms with Gasteiger partial charge in [-0.1, -0.05) is 6.07 Å². The molecule has 0 aliphatic heterocycles. The molecular formula is C14H10BrF4NO. The Morgan fingerprint density at radius 3 is 2.43 bits per heavy atom. The fourth-order valence-corrected chi connectivity index (χ4v) is 1.96. The molecule has 0 aliphatic rings. The van der Waals surface area contributed by atoms with Crippen LogP contribution < -0.4 is 10.5 Å². The molecule has 2 N–H and O–H groups in total. The first-order valence-electron chi connectivity index (χ1n) is 5.81. The summed E-state index contributed by atoms with van der Waals surface area (Å²) >= 11 is 2.98. The Morgan fingerprint density at radius 1 is 1.10 bits per heavy atom. The summed E-state index contributed by atoms with van der Waals surface area (Å²) in [5.74, 6) is -0.415. The number of nitrogens with two attached hydrogens (primary N) is 1. The van der Waals surface area contributed by atoms with E-state index >= 15 is 0 Å². The summed E-state index contributed by atoms with van der Waals surface area (Å²) in [5, 5.41) is 0. The van der Waals surface area contributed by atoms with Crippen molar-refractivity contribution in [3.05, 3.63) is 57.8 Å². The van der Waals surface area contributed by atoms with Crippen molar-refractivity contribution < 1.29 is 22.3 Å². The molecule has 0 aromatic heterocycles. The summed E-state index contributed by atoms with van der Waals surface area (Å²) in [6.45, 7) is -0.337. The lowest BCUT2D eigenvalue weighted by Crippen LogP contribution is -2.11. The quantitative estimate of drug-likeness (QED) is 0.629. The lowest BCUT2D eigenvalue weighted by atomic mass is 10.1. The monoisotopic (exact) mass is 363 g/mol. The van der Waals surface area contributed by atoms with Gasteiger partial charge in [-0.25, -0.2) is 4.39 Å². The van der Waals surface area contributed by atoms with Crippen molar-refractivity contribution in [2.45, 2.75) is 12.8 Å². The van der Waals surface area contributed by atoms with Crippen molar-refractivity contribution in [1.82, 2.24) is 0 Å². The van der Waals surface area contributed by atoms with Crippen LogP contribution in [-0.2, 0) is 12.8 Å². The van der Waals surface area contributed by atoms with Crippen molar-refractivity contribution >= 4 is 21.6 Å². The maximum absolute atomic E-state index is 13.3. The summed E-state index contributed by atoms with van der Waals surface area (Å²) in [6.07, 6.45) is -4.53. The standard InChI is InChI=1S/C14H10BrF4NO/c15-12-4-3-10(6-13(12)16)21-7-8-1-2-9(20)5-11(8)14(17,18)19/h1-6H,7,20H2. The van der Waals surface area contributed by atoms with E-state index in [9.17, 15) is 17.6 Å². The molecule has 0 bridgehead atoms. The second-order valence-electron chi connectivity index (χ2n) is 4.28. The number of ether oxygens (including phenoxy) is 1. The minimum atomic E-state index is -4.53. The number of alkyl halides is 3. The van der Waals surface area contributed by atoms with Gasteiger partial charge in [0.15, 0.2) is 0 Å². The average Bonchev–Trinajstić information content (AvgIpc) is 2.40. The van der Waals surface area contributed by atoms with Gasteiger partial charge in [-0.05, 0) is 40.2 Å². The van der Waals surface area contributed by atoms with Gasteiger partial charge in [0.05, 0.1) is 10.0 Å². The van der Waals surface area contributed by atoms with E-state index in [0.29, 0.717) is 0 Å². The van der Waals surface area contributed by atoms with Gasteiger partial charge in [-0.3, -0.25) is 0 Å². The van der Waals surface area contributed by atoms with Gasteiger partial charge in [0, 0.05) is 17.3 Å². The Kier molecular flexibility index (Phi) is 4.41. The molecule has 2 nitrogen and oxygen atoms in total. The third kappa shape index (κ3) is 3.87. The number of nitrogen functional groups attached to an aromatic ring is 1. The highest BCUT2D eigenvalue weighted by Crippen LogP contribution is 2.34. The van der Waals surface area contributed by atoms with Crippen LogP contribution in [0.1, 0.15) is 11.1 Å². The van der Waals surface area contributed by atoms with Gasteiger partial charge < -0.3 is 10.5 Å². The fourth-order valence-electron chi connectivity index (χ4n) is 1.71. The van der Waals surface area contributed by atoms with E-state index in [1.165, 1.54) is 24.3 Å². The number of hydrogen-bond donors (Lipinski definition) is 1. The summed E-state index contributed by atoms with van der Waals surface area (Å²) < 4.78 is 57.4. The van der Waals surface area contributed by atoms with Crippen LogP contribution in [-0.4, -0.2) is 0 Å². The Bertz CT molecular complexity index is 658. The van der Waals surface area contributed by atoms with Gasteiger partial charge in [-0.15, -0.1) is 0 Å². The van der Waals surface area contributed by atoms with Crippen LogP contribution in [0, 0.1) is 5.82 Å². The molecule has 2 aromatic carbocycles. The van der Waals surface area contributed by atoms with E-state index in [2.05, 4.69) is 15.9 Å². The molecule has 0 amide bonds. The van der Waals surface area contributed by atoms with Crippen molar-refractivity contribution in [2.24, 2.45) is 0 Å².